The molecule has 114 valence electrons. The number of hydrogen-bond acceptors (Lipinski definition) is 3. The lowest BCUT2D eigenvalue weighted by Gasteiger charge is -2.37. The number of nitrogens with one attached hydrogen (secondary N) is 1. The number of benzene rings is 1. The van der Waals surface area contributed by atoms with Gasteiger partial charge in [0.2, 0.25) is 0 Å². The van der Waals surface area contributed by atoms with Gasteiger partial charge in [-0.1, -0.05) is 18.2 Å². The molecule has 22 heavy (non-hydrogen) atoms. The van der Waals surface area contributed by atoms with Crippen LogP contribution in [0.15, 0.2) is 36.4 Å². The summed E-state index contributed by atoms with van der Waals surface area (Å²) in [6.07, 6.45) is 1.74. The van der Waals surface area contributed by atoms with E-state index in [0.717, 1.165) is 17.8 Å². The molecule has 0 saturated heterocycles. The Balaban J connectivity index is 1.84. The standard InChI is InChI=1S/C16H17N3O3/c1-11-10-13(18-19(11)12-6-3-2-4-7-12)14(20)17-16(15(21)22)8-5-9-16/h2-4,6-7,10H,5,8-9H2,1H3,(H,17,20)(H,21,22). The summed E-state index contributed by atoms with van der Waals surface area (Å²) in [5.74, 6) is -1.42. The van der Waals surface area contributed by atoms with E-state index in [1.165, 1.54) is 0 Å². The molecule has 1 aliphatic rings. The van der Waals surface area contributed by atoms with Crippen molar-refractivity contribution in [2.24, 2.45) is 0 Å². The Labute approximate surface area is 127 Å². The summed E-state index contributed by atoms with van der Waals surface area (Å²) in [6.45, 7) is 1.85. The van der Waals surface area contributed by atoms with Gasteiger partial charge in [-0.15, -0.1) is 0 Å². The summed E-state index contributed by atoms with van der Waals surface area (Å²) in [4.78, 5) is 23.6. The average Bonchev–Trinajstić information content (AvgIpc) is 2.85. The first-order chi connectivity index (χ1) is 10.5. The van der Waals surface area contributed by atoms with E-state index in [4.69, 9.17) is 0 Å². The van der Waals surface area contributed by atoms with Crippen molar-refractivity contribution in [1.29, 1.82) is 0 Å². The molecule has 3 rings (SSSR count). The van der Waals surface area contributed by atoms with Gasteiger partial charge < -0.3 is 10.4 Å². The van der Waals surface area contributed by atoms with Crippen LogP contribution in [-0.2, 0) is 4.79 Å². The van der Waals surface area contributed by atoms with Crippen LogP contribution in [0.25, 0.3) is 5.69 Å². The van der Waals surface area contributed by atoms with E-state index in [1.54, 1.807) is 10.7 Å². The van der Waals surface area contributed by atoms with E-state index in [2.05, 4.69) is 10.4 Å². The Morgan fingerprint density at radius 1 is 1.27 bits per heavy atom. The Morgan fingerprint density at radius 3 is 2.50 bits per heavy atom. The molecule has 2 N–H and O–H groups in total. The van der Waals surface area contributed by atoms with Gasteiger partial charge in [0.05, 0.1) is 5.69 Å². The number of para-hydroxylation sites is 1. The monoisotopic (exact) mass is 299 g/mol. The summed E-state index contributed by atoms with van der Waals surface area (Å²) >= 11 is 0. The molecule has 0 aliphatic heterocycles. The third kappa shape index (κ3) is 2.36. The number of carbonyl (C=O) groups excluding carboxylic acids is 1. The van der Waals surface area contributed by atoms with Gasteiger partial charge in [0.25, 0.3) is 5.91 Å². The number of carboxylic acids is 1. The van der Waals surface area contributed by atoms with E-state index < -0.39 is 17.4 Å². The third-order valence-corrected chi connectivity index (χ3v) is 4.09. The van der Waals surface area contributed by atoms with E-state index >= 15 is 0 Å². The molecule has 2 aromatic rings. The maximum Gasteiger partial charge on any atom is 0.329 e. The van der Waals surface area contributed by atoms with Gasteiger partial charge >= 0.3 is 5.97 Å². The van der Waals surface area contributed by atoms with Crippen molar-refractivity contribution in [3.63, 3.8) is 0 Å². The molecular weight excluding hydrogens is 282 g/mol. The molecule has 1 aliphatic carbocycles. The summed E-state index contributed by atoms with van der Waals surface area (Å²) in [5.41, 5.74) is 0.778. The van der Waals surface area contributed by atoms with Crippen LogP contribution in [0.4, 0.5) is 0 Å². The Hall–Kier alpha value is -2.63. The number of carbonyl (C=O) groups is 2. The number of aryl methyl sites for hydroxylation is 1. The number of aromatic nitrogens is 2. The van der Waals surface area contributed by atoms with Crippen LogP contribution >= 0.6 is 0 Å². The van der Waals surface area contributed by atoms with Gasteiger partial charge in [0.1, 0.15) is 5.54 Å². The van der Waals surface area contributed by atoms with Crippen LogP contribution in [0.3, 0.4) is 0 Å². The molecule has 6 heteroatoms. The predicted octanol–water partition coefficient (Wildman–Crippen LogP) is 1.92. The fraction of sp³-hybridized carbons (Fsp3) is 0.312. The minimum Gasteiger partial charge on any atom is -0.480 e. The summed E-state index contributed by atoms with van der Waals surface area (Å²) in [7, 11) is 0. The van der Waals surface area contributed by atoms with Crippen LogP contribution in [-0.4, -0.2) is 32.3 Å². The lowest BCUT2D eigenvalue weighted by atomic mass is 9.76. The molecule has 6 nitrogen and oxygen atoms in total. The van der Waals surface area contributed by atoms with Crippen molar-refractivity contribution in [3.05, 3.63) is 47.8 Å². The van der Waals surface area contributed by atoms with Crippen molar-refractivity contribution in [1.82, 2.24) is 15.1 Å². The summed E-state index contributed by atoms with van der Waals surface area (Å²) in [5, 5.41) is 16.2. The molecule has 1 heterocycles. The van der Waals surface area contributed by atoms with Gasteiger partial charge in [-0.3, -0.25) is 4.79 Å². The van der Waals surface area contributed by atoms with E-state index in [-0.39, 0.29) is 5.69 Å². The highest BCUT2D eigenvalue weighted by Gasteiger charge is 2.46. The van der Waals surface area contributed by atoms with E-state index in [9.17, 15) is 14.7 Å². The van der Waals surface area contributed by atoms with Crippen molar-refractivity contribution >= 4 is 11.9 Å². The third-order valence-electron chi connectivity index (χ3n) is 4.09. The van der Waals surface area contributed by atoms with Crippen LogP contribution < -0.4 is 5.32 Å². The second kappa shape index (κ2) is 5.29. The highest BCUT2D eigenvalue weighted by molar-refractivity contribution is 5.96. The number of aliphatic carboxylic acids is 1. The minimum absolute atomic E-state index is 0.230. The van der Waals surface area contributed by atoms with Gasteiger partial charge in [-0.25, -0.2) is 9.48 Å². The first kappa shape index (κ1) is 14.3. The fourth-order valence-corrected chi connectivity index (χ4v) is 2.62. The fourth-order valence-electron chi connectivity index (χ4n) is 2.62. The average molecular weight is 299 g/mol. The lowest BCUT2D eigenvalue weighted by Crippen LogP contribution is -2.59. The summed E-state index contributed by atoms with van der Waals surface area (Å²) in [6, 6.07) is 11.1. The predicted molar refractivity (Wildman–Crippen MR) is 80.0 cm³/mol. The molecule has 0 bridgehead atoms. The maximum absolute atomic E-state index is 12.3. The number of hydrogen-bond donors (Lipinski definition) is 2. The highest BCUT2D eigenvalue weighted by Crippen LogP contribution is 2.32. The van der Waals surface area contributed by atoms with Gasteiger partial charge in [-0.2, -0.15) is 5.10 Å². The van der Waals surface area contributed by atoms with Crippen molar-refractivity contribution in [2.75, 3.05) is 0 Å². The molecular formula is C16H17N3O3. The maximum atomic E-state index is 12.3. The van der Waals surface area contributed by atoms with Gasteiger partial charge in [-0.05, 0) is 44.4 Å². The van der Waals surface area contributed by atoms with Crippen molar-refractivity contribution in [2.45, 2.75) is 31.7 Å². The molecule has 0 atom stereocenters. The molecule has 0 unspecified atom stereocenters. The van der Waals surface area contributed by atoms with Gasteiger partial charge in [0.15, 0.2) is 5.69 Å². The molecule has 1 saturated carbocycles. The quantitative estimate of drug-likeness (QED) is 0.903. The highest BCUT2D eigenvalue weighted by atomic mass is 16.4. The second-order valence-electron chi connectivity index (χ2n) is 5.61. The smallest absolute Gasteiger partial charge is 0.329 e. The normalized spacial score (nSPS) is 15.9. The number of carboxylic acid groups (broad SMARTS) is 1. The SMILES string of the molecule is Cc1cc(C(=O)NC2(C(=O)O)CCC2)nn1-c1ccccc1. The zero-order chi connectivity index (χ0) is 15.7. The minimum atomic E-state index is -1.12. The largest absolute Gasteiger partial charge is 0.480 e. The molecule has 1 aromatic heterocycles. The Kier molecular flexibility index (Phi) is 3.44. The zero-order valence-electron chi connectivity index (χ0n) is 12.2. The molecule has 1 fully saturated rings. The van der Waals surface area contributed by atoms with Crippen LogP contribution in [0.2, 0.25) is 0 Å². The van der Waals surface area contributed by atoms with Crippen LogP contribution in [0, 0.1) is 6.92 Å². The summed E-state index contributed by atoms with van der Waals surface area (Å²) < 4.78 is 1.67. The van der Waals surface area contributed by atoms with Crippen LogP contribution in [0.5, 0.6) is 0 Å². The molecule has 1 amide bonds. The topological polar surface area (TPSA) is 84.2 Å². The first-order valence-corrected chi connectivity index (χ1v) is 7.20. The van der Waals surface area contributed by atoms with Crippen LogP contribution in [0.1, 0.15) is 35.4 Å². The Morgan fingerprint density at radius 2 is 1.95 bits per heavy atom. The van der Waals surface area contributed by atoms with Gasteiger partial charge in [0, 0.05) is 5.69 Å². The number of nitrogens with zero attached hydrogens (tertiary/aromatic N) is 2. The molecule has 1 aromatic carbocycles. The van der Waals surface area contributed by atoms with E-state index in [0.29, 0.717) is 12.8 Å². The molecule has 0 spiro atoms. The lowest BCUT2D eigenvalue weighted by molar-refractivity contribution is -0.148. The number of amides is 1. The molecule has 0 radical (unpaired) electrons. The van der Waals surface area contributed by atoms with E-state index in [1.807, 2.05) is 37.3 Å². The van der Waals surface area contributed by atoms with Crippen molar-refractivity contribution in [3.8, 4) is 5.69 Å². The first-order valence-electron chi connectivity index (χ1n) is 7.20. The number of rotatable bonds is 4. The van der Waals surface area contributed by atoms with Crippen molar-refractivity contribution < 1.29 is 14.7 Å². The Bertz CT molecular complexity index is 717. The zero-order valence-corrected chi connectivity index (χ0v) is 12.2. The second-order valence-corrected chi connectivity index (χ2v) is 5.61.